The number of nitrogens with one attached hydrogen (secondary N) is 4. The number of hydrogen-bond donors (Lipinski definition) is 4. The smallest absolute Gasteiger partial charge is 0.273 e. The summed E-state index contributed by atoms with van der Waals surface area (Å²) in [6, 6.07) is 3.54. The molecule has 1 unspecified atom stereocenters. The van der Waals surface area contributed by atoms with E-state index in [-0.39, 0.29) is 23.7 Å². The third kappa shape index (κ3) is 3.96. The molecule has 12 heteroatoms. The normalized spacial score (nSPS) is 18.2. The van der Waals surface area contributed by atoms with Crippen LogP contribution >= 0.6 is 0 Å². The van der Waals surface area contributed by atoms with Crippen molar-refractivity contribution in [3.63, 3.8) is 0 Å². The van der Waals surface area contributed by atoms with Gasteiger partial charge in [-0.1, -0.05) is 5.21 Å². The SMILES string of the molecule is Cn1ccc2c(NC3CCC[C@@H](NC(=O)c4c[nH]nn4)C3)nc(-c3c[nH]c4ncc(F)cc34)nc21. The third-order valence-electron chi connectivity index (χ3n) is 6.46. The van der Waals surface area contributed by atoms with E-state index < -0.39 is 5.82 Å². The van der Waals surface area contributed by atoms with Crippen LogP contribution in [0.4, 0.5) is 10.2 Å². The summed E-state index contributed by atoms with van der Waals surface area (Å²) in [5, 5.41) is 18.1. The Balaban J connectivity index is 1.30. The molecule has 0 radical (unpaired) electrons. The molecule has 1 amide bonds. The Morgan fingerprint density at radius 3 is 2.94 bits per heavy atom. The van der Waals surface area contributed by atoms with E-state index in [1.165, 1.54) is 18.5 Å². The molecule has 5 heterocycles. The number of carbonyl (C=O) groups is 1. The van der Waals surface area contributed by atoms with Gasteiger partial charge in [0.1, 0.15) is 22.9 Å². The molecule has 6 rings (SSSR count). The van der Waals surface area contributed by atoms with Crippen LogP contribution in [-0.2, 0) is 7.05 Å². The molecule has 35 heavy (non-hydrogen) atoms. The number of aryl methyl sites for hydroxylation is 1. The summed E-state index contributed by atoms with van der Waals surface area (Å²) in [7, 11) is 1.93. The Bertz CT molecular complexity index is 1520. The number of aromatic nitrogens is 8. The molecule has 1 fully saturated rings. The predicted octanol–water partition coefficient (Wildman–Crippen LogP) is 2.92. The van der Waals surface area contributed by atoms with Crippen LogP contribution < -0.4 is 10.6 Å². The fraction of sp³-hybridized carbons (Fsp3) is 0.304. The summed E-state index contributed by atoms with van der Waals surface area (Å²) in [5.41, 5.74) is 2.29. The van der Waals surface area contributed by atoms with Crippen LogP contribution in [-0.4, -0.2) is 57.9 Å². The lowest BCUT2D eigenvalue weighted by molar-refractivity contribution is 0.0921. The Labute approximate surface area is 198 Å². The fourth-order valence-electron chi connectivity index (χ4n) is 4.75. The highest BCUT2D eigenvalue weighted by atomic mass is 19.1. The second-order valence-electron chi connectivity index (χ2n) is 8.85. The van der Waals surface area contributed by atoms with Crippen LogP contribution in [0.25, 0.3) is 33.5 Å². The first kappa shape index (κ1) is 21.2. The standard InChI is InChI=1S/C23H23FN10O/c1-34-6-5-15-20(28-13-3-2-4-14(8-13)29-23(35)18-11-27-33-32-18)30-21(31-22(15)34)17-10-26-19-16(17)7-12(24)9-25-19/h5-7,9-11,13-14H,2-4,8H2,1H3,(H,25,26)(H,29,35)(H,27,32,33)(H,28,30,31)/t13?,14-/m1/s1. The summed E-state index contributed by atoms with van der Waals surface area (Å²) in [6.45, 7) is 0. The molecule has 1 aliphatic carbocycles. The number of pyridine rings is 1. The molecule has 0 aliphatic heterocycles. The first-order chi connectivity index (χ1) is 17.0. The van der Waals surface area contributed by atoms with Gasteiger partial charge < -0.3 is 20.2 Å². The zero-order valence-electron chi connectivity index (χ0n) is 18.9. The quantitative estimate of drug-likeness (QED) is 0.307. The average molecular weight is 475 g/mol. The van der Waals surface area contributed by atoms with E-state index in [1.54, 1.807) is 6.20 Å². The monoisotopic (exact) mass is 474 g/mol. The lowest BCUT2D eigenvalue weighted by Crippen LogP contribution is -2.42. The zero-order valence-corrected chi connectivity index (χ0v) is 18.9. The molecule has 5 aromatic rings. The maximum absolute atomic E-state index is 13.9. The Morgan fingerprint density at radius 1 is 1.20 bits per heavy atom. The Kier molecular flexibility index (Phi) is 5.12. The van der Waals surface area contributed by atoms with E-state index in [0.717, 1.165) is 36.7 Å². The molecule has 0 aromatic carbocycles. The van der Waals surface area contributed by atoms with E-state index in [9.17, 15) is 9.18 Å². The average Bonchev–Trinajstić information content (AvgIpc) is 3.60. The van der Waals surface area contributed by atoms with E-state index in [1.807, 2.05) is 23.9 Å². The molecule has 2 atom stereocenters. The molecule has 178 valence electrons. The van der Waals surface area contributed by atoms with E-state index in [2.05, 4.69) is 36.0 Å². The minimum Gasteiger partial charge on any atom is -0.367 e. The number of rotatable bonds is 5. The van der Waals surface area contributed by atoms with Crippen LogP contribution in [0.3, 0.4) is 0 Å². The predicted molar refractivity (Wildman–Crippen MR) is 127 cm³/mol. The van der Waals surface area contributed by atoms with Gasteiger partial charge in [-0.15, -0.1) is 5.10 Å². The lowest BCUT2D eigenvalue weighted by atomic mass is 9.90. The number of amides is 1. The number of halogens is 1. The van der Waals surface area contributed by atoms with Crippen molar-refractivity contribution in [1.29, 1.82) is 0 Å². The number of hydrogen-bond acceptors (Lipinski definition) is 7. The van der Waals surface area contributed by atoms with Crippen LogP contribution in [0.5, 0.6) is 0 Å². The van der Waals surface area contributed by atoms with Crippen molar-refractivity contribution in [3.05, 3.63) is 48.4 Å². The number of anilines is 1. The highest BCUT2D eigenvalue weighted by Gasteiger charge is 2.26. The van der Waals surface area contributed by atoms with Crippen molar-refractivity contribution in [2.75, 3.05) is 5.32 Å². The highest BCUT2D eigenvalue weighted by molar-refractivity contribution is 5.95. The summed E-state index contributed by atoms with van der Waals surface area (Å²) in [5.74, 6) is 0.529. The maximum Gasteiger partial charge on any atom is 0.273 e. The number of fused-ring (bicyclic) bond motifs is 2. The van der Waals surface area contributed by atoms with E-state index in [4.69, 9.17) is 9.97 Å². The van der Waals surface area contributed by atoms with Crippen molar-refractivity contribution in [2.45, 2.75) is 37.8 Å². The fourth-order valence-corrected chi connectivity index (χ4v) is 4.75. The number of carbonyl (C=O) groups excluding carboxylic acids is 1. The largest absolute Gasteiger partial charge is 0.367 e. The minimum absolute atomic E-state index is 0.0145. The van der Waals surface area contributed by atoms with Gasteiger partial charge in [-0.3, -0.25) is 9.89 Å². The summed E-state index contributed by atoms with van der Waals surface area (Å²) < 4.78 is 15.8. The van der Waals surface area contributed by atoms with Gasteiger partial charge in [0, 0.05) is 42.5 Å². The molecule has 0 bridgehead atoms. The lowest BCUT2D eigenvalue weighted by Gasteiger charge is -2.30. The molecule has 0 spiro atoms. The van der Waals surface area contributed by atoms with Crippen LogP contribution in [0.2, 0.25) is 0 Å². The topological polar surface area (TPSA) is 142 Å². The highest BCUT2D eigenvalue weighted by Crippen LogP contribution is 2.31. The summed E-state index contributed by atoms with van der Waals surface area (Å²) in [6.07, 6.45) is 9.90. The number of H-pyrrole nitrogens is 2. The van der Waals surface area contributed by atoms with Crippen LogP contribution in [0, 0.1) is 5.82 Å². The van der Waals surface area contributed by atoms with Crippen LogP contribution in [0.15, 0.2) is 36.9 Å². The van der Waals surface area contributed by atoms with Crippen molar-refractivity contribution in [1.82, 2.24) is 45.2 Å². The second kappa shape index (κ2) is 8.46. The van der Waals surface area contributed by atoms with E-state index in [0.29, 0.717) is 28.2 Å². The van der Waals surface area contributed by atoms with Gasteiger partial charge in [-0.2, -0.15) is 0 Å². The van der Waals surface area contributed by atoms with Gasteiger partial charge in [0.2, 0.25) is 0 Å². The number of nitrogens with zero attached hydrogens (tertiary/aromatic N) is 6. The Hall–Kier alpha value is -4.35. The molecule has 11 nitrogen and oxygen atoms in total. The molecule has 0 saturated heterocycles. The van der Waals surface area contributed by atoms with Gasteiger partial charge in [0.25, 0.3) is 5.91 Å². The summed E-state index contributed by atoms with van der Waals surface area (Å²) in [4.78, 5) is 29.2. The second-order valence-corrected chi connectivity index (χ2v) is 8.85. The van der Waals surface area contributed by atoms with Crippen molar-refractivity contribution in [2.24, 2.45) is 7.05 Å². The van der Waals surface area contributed by atoms with Gasteiger partial charge in [0.15, 0.2) is 11.5 Å². The molecular formula is C23H23FN10O. The number of aromatic amines is 2. The molecular weight excluding hydrogens is 451 g/mol. The van der Waals surface area contributed by atoms with Gasteiger partial charge in [0.05, 0.1) is 17.8 Å². The first-order valence-electron chi connectivity index (χ1n) is 11.4. The molecule has 1 saturated carbocycles. The maximum atomic E-state index is 13.9. The zero-order chi connectivity index (χ0) is 23.9. The van der Waals surface area contributed by atoms with E-state index >= 15 is 0 Å². The van der Waals surface area contributed by atoms with Crippen molar-refractivity contribution in [3.8, 4) is 11.4 Å². The molecule has 4 N–H and O–H groups in total. The van der Waals surface area contributed by atoms with Crippen molar-refractivity contribution < 1.29 is 9.18 Å². The minimum atomic E-state index is -0.419. The van der Waals surface area contributed by atoms with Gasteiger partial charge in [-0.25, -0.2) is 19.3 Å². The molecule has 1 aliphatic rings. The van der Waals surface area contributed by atoms with Gasteiger partial charge in [-0.05, 0) is 37.8 Å². The van der Waals surface area contributed by atoms with Crippen LogP contribution in [0.1, 0.15) is 36.2 Å². The molecule has 5 aromatic heterocycles. The third-order valence-corrected chi connectivity index (χ3v) is 6.46. The Morgan fingerprint density at radius 2 is 2.09 bits per heavy atom. The van der Waals surface area contributed by atoms with Crippen molar-refractivity contribution >= 4 is 33.8 Å². The summed E-state index contributed by atoms with van der Waals surface area (Å²) >= 11 is 0. The van der Waals surface area contributed by atoms with Gasteiger partial charge >= 0.3 is 0 Å². The first-order valence-corrected chi connectivity index (χ1v) is 11.4.